The van der Waals surface area contributed by atoms with Gasteiger partial charge in [-0.05, 0) is 32.4 Å². The fourth-order valence-corrected chi connectivity index (χ4v) is 2.57. The highest BCUT2D eigenvalue weighted by molar-refractivity contribution is 5.94. The number of urea groups is 1. The van der Waals surface area contributed by atoms with E-state index in [4.69, 9.17) is 5.73 Å². The Balaban J connectivity index is 2.30. The van der Waals surface area contributed by atoms with Crippen LogP contribution >= 0.6 is 0 Å². The largest absolute Gasteiger partial charge is 0.341 e. The summed E-state index contributed by atoms with van der Waals surface area (Å²) >= 11 is 0. The van der Waals surface area contributed by atoms with Gasteiger partial charge < -0.3 is 16.0 Å². The molecule has 1 fully saturated rings. The van der Waals surface area contributed by atoms with Crippen molar-refractivity contribution in [3.63, 3.8) is 0 Å². The standard InChI is InChI=1S/C12H24N4O2/c1-14-12(18)15-11(17)6-7-16(2)10-5-3-4-9(10)8-13/h9-10H,3-8,13H2,1-2H3,(H2,14,15,17,18). The number of hydrogen-bond donors (Lipinski definition) is 3. The minimum Gasteiger partial charge on any atom is -0.341 e. The molecule has 6 heteroatoms. The topological polar surface area (TPSA) is 87.5 Å². The first-order valence-corrected chi connectivity index (χ1v) is 6.50. The zero-order valence-corrected chi connectivity index (χ0v) is 11.2. The summed E-state index contributed by atoms with van der Waals surface area (Å²) in [6.45, 7) is 1.36. The molecule has 2 atom stereocenters. The average molecular weight is 256 g/mol. The second kappa shape index (κ2) is 7.33. The molecule has 3 amide bonds. The van der Waals surface area contributed by atoms with Crippen LogP contribution in [0.4, 0.5) is 4.79 Å². The van der Waals surface area contributed by atoms with Gasteiger partial charge in [0.15, 0.2) is 0 Å². The smallest absolute Gasteiger partial charge is 0.321 e. The molecular formula is C12H24N4O2. The molecule has 1 aliphatic carbocycles. The van der Waals surface area contributed by atoms with Gasteiger partial charge in [0.1, 0.15) is 0 Å². The number of nitrogens with two attached hydrogens (primary N) is 1. The van der Waals surface area contributed by atoms with Crippen molar-refractivity contribution in [2.24, 2.45) is 11.7 Å². The van der Waals surface area contributed by atoms with Gasteiger partial charge in [-0.25, -0.2) is 4.79 Å². The molecule has 1 aliphatic rings. The molecule has 0 aromatic heterocycles. The highest BCUT2D eigenvalue weighted by atomic mass is 16.2. The number of nitrogens with zero attached hydrogens (tertiary/aromatic N) is 1. The van der Waals surface area contributed by atoms with Crippen LogP contribution in [0.5, 0.6) is 0 Å². The summed E-state index contributed by atoms with van der Waals surface area (Å²) in [5.41, 5.74) is 5.74. The summed E-state index contributed by atoms with van der Waals surface area (Å²) in [6, 6.07) is 0.0196. The Morgan fingerprint density at radius 1 is 1.39 bits per heavy atom. The van der Waals surface area contributed by atoms with Gasteiger partial charge in [-0.2, -0.15) is 0 Å². The predicted molar refractivity (Wildman–Crippen MR) is 70.0 cm³/mol. The van der Waals surface area contributed by atoms with E-state index in [0.29, 0.717) is 31.5 Å². The maximum Gasteiger partial charge on any atom is 0.321 e. The van der Waals surface area contributed by atoms with E-state index in [0.717, 1.165) is 6.42 Å². The van der Waals surface area contributed by atoms with Crippen LogP contribution in [0, 0.1) is 5.92 Å². The third-order valence-corrected chi connectivity index (χ3v) is 3.66. The number of carbonyl (C=O) groups is 2. The Labute approximate surface area is 108 Å². The van der Waals surface area contributed by atoms with Crippen molar-refractivity contribution >= 4 is 11.9 Å². The van der Waals surface area contributed by atoms with Crippen molar-refractivity contribution in [3.8, 4) is 0 Å². The lowest BCUT2D eigenvalue weighted by Crippen LogP contribution is -2.42. The van der Waals surface area contributed by atoms with E-state index >= 15 is 0 Å². The number of rotatable bonds is 5. The quantitative estimate of drug-likeness (QED) is 0.640. The number of nitrogens with one attached hydrogen (secondary N) is 2. The van der Waals surface area contributed by atoms with Gasteiger partial charge in [-0.3, -0.25) is 10.1 Å². The van der Waals surface area contributed by atoms with E-state index in [-0.39, 0.29) is 5.91 Å². The van der Waals surface area contributed by atoms with E-state index in [1.54, 1.807) is 0 Å². The van der Waals surface area contributed by atoms with Crippen LogP contribution in [-0.4, -0.2) is 50.1 Å². The van der Waals surface area contributed by atoms with Gasteiger partial charge >= 0.3 is 6.03 Å². The number of carbonyl (C=O) groups excluding carboxylic acids is 2. The molecule has 104 valence electrons. The summed E-state index contributed by atoms with van der Waals surface area (Å²) in [5.74, 6) is 0.292. The predicted octanol–water partition coefficient (Wildman–Crippen LogP) is -0.109. The second-order valence-corrected chi connectivity index (χ2v) is 4.85. The van der Waals surface area contributed by atoms with E-state index in [2.05, 4.69) is 15.5 Å². The van der Waals surface area contributed by atoms with E-state index < -0.39 is 6.03 Å². The van der Waals surface area contributed by atoms with Crippen molar-refractivity contribution in [1.82, 2.24) is 15.5 Å². The fourth-order valence-electron chi connectivity index (χ4n) is 2.57. The molecule has 0 bridgehead atoms. The van der Waals surface area contributed by atoms with Gasteiger partial charge in [0, 0.05) is 26.1 Å². The van der Waals surface area contributed by atoms with E-state index in [1.165, 1.54) is 19.9 Å². The molecule has 0 aromatic rings. The van der Waals surface area contributed by atoms with Crippen LogP contribution in [0.2, 0.25) is 0 Å². The Kier molecular flexibility index (Phi) is 6.07. The lowest BCUT2D eigenvalue weighted by atomic mass is 10.0. The average Bonchev–Trinajstić information content (AvgIpc) is 2.84. The molecule has 2 unspecified atom stereocenters. The maximum atomic E-state index is 11.5. The SMILES string of the molecule is CNC(=O)NC(=O)CCN(C)C1CCCC1CN. The first-order valence-electron chi connectivity index (χ1n) is 6.50. The molecule has 0 spiro atoms. The molecule has 0 saturated heterocycles. The van der Waals surface area contributed by atoms with Crippen LogP contribution in [-0.2, 0) is 4.79 Å². The van der Waals surface area contributed by atoms with Crippen LogP contribution in [0.25, 0.3) is 0 Å². The van der Waals surface area contributed by atoms with Crippen LogP contribution in [0.1, 0.15) is 25.7 Å². The lowest BCUT2D eigenvalue weighted by Gasteiger charge is -2.28. The van der Waals surface area contributed by atoms with Gasteiger partial charge in [0.25, 0.3) is 0 Å². The highest BCUT2D eigenvalue weighted by Crippen LogP contribution is 2.28. The van der Waals surface area contributed by atoms with Crippen LogP contribution in [0.3, 0.4) is 0 Å². The van der Waals surface area contributed by atoms with Crippen molar-refractivity contribution in [2.75, 3.05) is 27.2 Å². The summed E-state index contributed by atoms with van der Waals surface area (Å²) in [4.78, 5) is 24.6. The summed E-state index contributed by atoms with van der Waals surface area (Å²) in [7, 11) is 3.50. The first kappa shape index (κ1) is 14.9. The summed E-state index contributed by atoms with van der Waals surface area (Å²) in [6.07, 6.45) is 3.87. The molecule has 1 saturated carbocycles. The van der Waals surface area contributed by atoms with Crippen molar-refractivity contribution < 1.29 is 9.59 Å². The third kappa shape index (κ3) is 4.27. The van der Waals surface area contributed by atoms with Gasteiger partial charge in [0.2, 0.25) is 5.91 Å². The number of imide groups is 1. The molecule has 0 aromatic carbocycles. The molecule has 4 N–H and O–H groups in total. The lowest BCUT2D eigenvalue weighted by molar-refractivity contribution is -0.120. The Hall–Kier alpha value is -1.14. The Morgan fingerprint density at radius 3 is 2.72 bits per heavy atom. The van der Waals surface area contributed by atoms with E-state index in [9.17, 15) is 9.59 Å². The van der Waals surface area contributed by atoms with Crippen molar-refractivity contribution in [3.05, 3.63) is 0 Å². The van der Waals surface area contributed by atoms with Gasteiger partial charge in [-0.1, -0.05) is 6.42 Å². The number of hydrogen-bond acceptors (Lipinski definition) is 4. The Morgan fingerprint density at radius 2 is 2.11 bits per heavy atom. The third-order valence-electron chi connectivity index (χ3n) is 3.66. The van der Waals surface area contributed by atoms with E-state index in [1.807, 2.05) is 7.05 Å². The highest BCUT2D eigenvalue weighted by Gasteiger charge is 2.29. The minimum atomic E-state index is -0.455. The monoisotopic (exact) mass is 256 g/mol. The summed E-state index contributed by atoms with van der Waals surface area (Å²) < 4.78 is 0. The van der Waals surface area contributed by atoms with Gasteiger partial charge in [0.05, 0.1) is 0 Å². The molecule has 0 heterocycles. The molecule has 1 rings (SSSR count). The first-order chi connectivity index (χ1) is 8.58. The molecule has 6 nitrogen and oxygen atoms in total. The van der Waals surface area contributed by atoms with Gasteiger partial charge in [-0.15, -0.1) is 0 Å². The maximum absolute atomic E-state index is 11.5. The second-order valence-electron chi connectivity index (χ2n) is 4.85. The summed E-state index contributed by atoms with van der Waals surface area (Å²) in [5, 5.41) is 4.61. The molecule has 0 aliphatic heterocycles. The number of amides is 3. The molecule has 18 heavy (non-hydrogen) atoms. The fraction of sp³-hybridized carbons (Fsp3) is 0.833. The van der Waals surface area contributed by atoms with Crippen molar-refractivity contribution in [1.29, 1.82) is 0 Å². The molecule has 0 radical (unpaired) electrons. The Bertz CT molecular complexity index is 296. The van der Waals surface area contributed by atoms with Crippen molar-refractivity contribution in [2.45, 2.75) is 31.7 Å². The minimum absolute atomic E-state index is 0.247. The normalized spacial score (nSPS) is 23.1. The zero-order chi connectivity index (χ0) is 13.5. The molecular weight excluding hydrogens is 232 g/mol. The van der Waals surface area contributed by atoms with Crippen LogP contribution in [0.15, 0.2) is 0 Å². The van der Waals surface area contributed by atoms with Crippen LogP contribution < -0.4 is 16.4 Å². The zero-order valence-electron chi connectivity index (χ0n) is 11.2.